The number of rotatable bonds is 6. The summed E-state index contributed by atoms with van der Waals surface area (Å²) < 4.78 is 92.5. The zero-order valence-corrected chi connectivity index (χ0v) is 23.4. The van der Waals surface area contributed by atoms with Crippen molar-refractivity contribution in [1.29, 1.82) is 5.41 Å². The standard InChI is InChI=1S/C19H20N6O3S2.2C2HF3O2/c20-13-4-3-11(18(21)22)8-12(13)10-25-7-5-14(19(25)26)24-30(27,28)17-9-15-16(29-17)2-1-6-23-15;2*3-2(4,5)1(6)7/h1-4,6,8-9,14,24H,5,7,10,20H2,(H3,21,22);2*(H,6,7)/t14-;;/m0../s1. The van der Waals surface area contributed by atoms with E-state index in [1.165, 1.54) is 6.07 Å². The zero-order chi connectivity index (χ0) is 33.6. The van der Waals surface area contributed by atoms with Crippen molar-refractivity contribution in [1.82, 2.24) is 14.6 Å². The fourth-order valence-corrected chi connectivity index (χ4v) is 5.92. The number of carbonyl (C=O) groups excluding carboxylic acids is 1. The van der Waals surface area contributed by atoms with Gasteiger partial charge in [0.1, 0.15) is 16.1 Å². The lowest BCUT2D eigenvalue weighted by atomic mass is 10.1. The Bertz CT molecular complexity index is 1600. The molecule has 1 amide bonds. The number of fused-ring (bicyclic) bond motifs is 1. The van der Waals surface area contributed by atoms with Gasteiger partial charge in [-0.15, -0.1) is 11.3 Å². The first kappa shape index (κ1) is 35.7. The van der Waals surface area contributed by atoms with Crippen LogP contribution in [0, 0.1) is 5.41 Å². The second-order valence-electron chi connectivity index (χ2n) is 8.61. The number of benzene rings is 1. The minimum Gasteiger partial charge on any atom is -0.475 e. The number of nitrogen functional groups attached to an aromatic ring is 2. The molecule has 3 heterocycles. The van der Waals surface area contributed by atoms with E-state index in [4.69, 9.17) is 36.7 Å². The molecule has 3 aromatic rings. The molecular formula is C23H22F6N6O7S2. The predicted octanol–water partition coefficient (Wildman–Crippen LogP) is 2.51. The molecule has 21 heteroatoms. The Morgan fingerprint density at radius 2 is 1.66 bits per heavy atom. The van der Waals surface area contributed by atoms with Crippen molar-refractivity contribution in [3.63, 3.8) is 0 Å². The van der Waals surface area contributed by atoms with E-state index in [1.807, 2.05) is 0 Å². The minimum absolute atomic E-state index is 0.0903. The number of amidine groups is 1. The quantitative estimate of drug-likeness (QED) is 0.0970. The fraction of sp³-hybridized carbons (Fsp3) is 0.261. The summed E-state index contributed by atoms with van der Waals surface area (Å²) in [6.45, 7) is 0.612. The summed E-state index contributed by atoms with van der Waals surface area (Å²) in [5.74, 6) is -5.92. The molecule has 0 aliphatic carbocycles. The number of halogens is 6. The van der Waals surface area contributed by atoms with Crippen LogP contribution in [-0.4, -0.2) is 77.1 Å². The lowest BCUT2D eigenvalue weighted by Gasteiger charge is -2.19. The molecular weight excluding hydrogens is 650 g/mol. The number of amides is 1. The van der Waals surface area contributed by atoms with Crippen LogP contribution < -0.4 is 16.2 Å². The molecule has 1 aromatic carbocycles. The number of likely N-dealkylation sites (tertiary alicyclic amines) is 1. The Labute approximate surface area is 247 Å². The Morgan fingerprint density at radius 1 is 1.09 bits per heavy atom. The topological polar surface area (TPSA) is 230 Å². The Balaban J connectivity index is 0.000000402. The third-order valence-corrected chi connectivity index (χ3v) is 8.46. The molecule has 1 saturated heterocycles. The maximum absolute atomic E-state index is 12.8. The number of nitrogens with one attached hydrogen (secondary N) is 2. The number of hydrogen-bond acceptors (Lipinski definition) is 9. The van der Waals surface area contributed by atoms with Gasteiger partial charge in [0.2, 0.25) is 5.91 Å². The van der Waals surface area contributed by atoms with Crippen LogP contribution >= 0.6 is 11.3 Å². The number of aromatic nitrogens is 1. The van der Waals surface area contributed by atoms with E-state index < -0.39 is 40.4 Å². The third-order valence-electron chi connectivity index (χ3n) is 5.42. The average molecular weight is 673 g/mol. The molecule has 1 atom stereocenters. The minimum atomic E-state index is -5.08. The Morgan fingerprint density at radius 3 is 2.16 bits per heavy atom. The van der Waals surface area contributed by atoms with Crippen LogP contribution in [0.5, 0.6) is 0 Å². The Hall–Kier alpha value is -4.50. The molecule has 1 aliphatic heterocycles. The summed E-state index contributed by atoms with van der Waals surface area (Å²) in [6, 6.07) is 9.17. The second-order valence-corrected chi connectivity index (χ2v) is 11.6. The molecule has 0 saturated carbocycles. The largest absolute Gasteiger partial charge is 0.490 e. The number of nitrogens with zero attached hydrogens (tertiary/aromatic N) is 2. The highest BCUT2D eigenvalue weighted by Gasteiger charge is 2.39. The van der Waals surface area contributed by atoms with Gasteiger partial charge in [0.15, 0.2) is 0 Å². The highest BCUT2D eigenvalue weighted by molar-refractivity contribution is 7.91. The van der Waals surface area contributed by atoms with E-state index in [0.29, 0.717) is 35.3 Å². The molecule has 4 rings (SSSR count). The molecule has 0 radical (unpaired) electrons. The summed E-state index contributed by atoms with van der Waals surface area (Å²) in [7, 11) is -3.85. The summed E-state index contributed by atoms with van der Waals surface area (Å²) in [5, 5.41) is 21.8. The van der Waals surface area contributed by atoms with Crippen molar-refractivity contribution in [3.05, 3.63) is 53.7 Å². The highest BCUT2D eigenvalue weighted by Crippen LogP contribution is 2.28. The average Bonchev–Trinajstić information content (AvgIpc) is 3.49. The molecule has 13 nitrogen and oxygen atoms in total. The summed E-state index contributed by atoms with van der Waals surface area (Å²) in [6.07, 6.45) is -8.21. The van der Waals surface area contributed by atoms with Gasteiger partial charge in [0, 0.05) is 30.5 Å². The summed E-state index contributed by atoms with van der Waals surface area (Å²) >= 11 is 1.11. The lowest BCUT2D eigenvalue weighted by Crippen LogP contribution is -2.41. The number of alkyl halides is 6. The van der Waals surface area contributed by atoms with Gasteiger partial charge in [-0.25, -0.2) is 18.0 Å². The highest BCUT2D eigenvalue weighted by atomic mass is 32.2. The lowest BCUT2D eigenvalue weighted by molar-refractivity contribution is -0.193. The summed E-state index contributed by atoms with van der Waals surface area (Å²) in [5.41, 5.74) is 13.8. The van der Waals surface area contributed by atoms with Gasteiger partial charge in [-0.2, -0.15) is 31.1 Å². The van der Waals surface area contributed by atoms with E-state index in [1.54, 1.807) is 41.4 Å². The molecule has 0 bridgehead atoms. The van der Waals surface area contributed by atoms with Crippen molar-refractivity contribution in [3.8, 4) is 0 Å². The first-order valence-corrected chi connectivity index (χ1v) is 13.9. The van der Waals surface area contributed by atoms with Crippen molar-refractivity contribution < 1.29 is 59.4 Å². The van der Waals surface area contributed by atoms with Crippen LogP contribution in [0.25, 0.3) is 10.2 Å². The van der Waals surface area contributed by atoms with E-state index in [0.717, 1.165) is 16.0 Å². The van der Waals surface area contributed by atoms with E-state index in [-0.39, 0.29) is 22.5 Å². The van der Waals surface area contributed by atoms with Crippen LogP contribution in [0.15, 0.2) is 46.8 Å². The first-order valence-electron chi connectivity index (χ1n) is 11.6. The molecule has 1 fully saturated rings. The number of carboxylic acid groups (broad SMARTS) is 2. The maximum Gasteiger partial charge on any atom is 0.490 e. The smallest absolute Gasteiger partial charge is 0.475 e. The van der Waals surface area contributed by atoms with Crippen LogP contribution in [0.3, 0.4) is 0 Å². The van der Waals surface area contributed by atoms with Crippen molar-refractivity contribution in [2.75, 3.05) is 12.3 Å². The number of carboxylic acids is 2. The van der Waals surface area contributed by atoms with E-state index in [9.17, 15) is 39.6 Å². The molecule has 8 N–H and O–H groups in total. The van der Waals surface area contributed by atoms with E-state index in [2.05, 4.69) is 9.71 Å². The number of nitrogens with two attached hydrogens (primary N) is 2. The van der Waals surface area contributed by atoms with Gasteiger partial charge in [-0.1, -0.05) is 0 Å². The third kappa shape index (κ3) is 9.77. The number of anilines is 1. The van der Waals surface area contributed by atoms with Crippen molar-refractivity contribution in [2.45, 2.75) is 35.6 Å². The van der Waals surface area contributed by atoms with E-state index >= 15 is 0 Å². The van der Waals surface area contributed by atoms with Gasteiger partial charge in [-0.05, 0) is 48.4 Å². The fourth-order valence-electron chi connectivity index (χ4n) is 3.35. The maximum atomic E-state index is 12.8. The van der Waals surface area contributed by atoms with Crippen LogP contribution in [0.4, 0.5) is 32.0 Å². The van der Waals surface area contributed by atoms with Crippen LogP contribution in [0.2, 0.25) is 0 Å². The zero-order valence-electron chi connectivity index (χ0n) is 21.8. The van der Waals surface area contributed by atoms with Gasteiger partial charge in [0.25, 0.3) is 10.0 Å². The predicted molar refractivity (Wildman–Crippen MR) is 143 cm³/mol. The Kier molecular flexibility index (Phi) is 11.2. The van der Waals surface area contributed by atoms with Crippen LogP contribution in [-0.2, 0) is 31.0 Å². The number of thiophene rings is 1. The van der Waals surface area contributed by atoms with Crippen molar-refractivity contribution in [2.24, 2.45) is 5.73 Å². The van der Waals surface area contributed by atoms with Gasteiger partial charge < -0.3 is 26.6 Å². The number of hydrogen-bond donors (Lipinski definition) is 6. The molecule has 44 heavy (non-hydrogen) atoms. The molecule has 2 aromatic heterocycles. The van der Waals surface area contributed by atoms with Crippen molar-refractivity contribution >= 4 is 60.9 Å². The van der Waals surface area contributed by atoms with Crippen LogP contribution in [0.1, 0.15) is 17.5 Å². The molecule has 240 valence electrons. The number of pyridine rings is 1. The molecule has 0 spiro atoms. The number of carbonyl (C=O) groups is 3. The van der Waals surface area contributed by atoms with Gasteiger partial charge in [-0.3, -0.25) is 15.2 Å². The SMILES string of the molecule is N=C(N)c1ccc(N)c(CN2CC[C@H](NS(=O)(=O)c3cc4ncccc4s3)C2=O)c1.O=C(O)C(F)(F)F.O=C(O)C(F)(F)F. The number of aliphatic carboxylic acids is 2. The second kappa shape index (κ2) is 13.9. The summed E-state index contributed by atoms with van der Waals surface area (Å²) in [4.78, 5) is 36.3. The first-order chi connectivity index (χ1) is 20.1. The molecule has 0 unspecified atom stereocenters. The molecule has 1 aliphatic rings. The van der Waals surface area contributed by atoms with Gasteiger partial charge in [0.05, 0.1) is 10.2 Å². The van der Waals surface area contributed by atoms with Gasteiger partial charge >= 0.3 is 24.3 Å². The monoisotopic (exact) mass is 672 g/mol. The normalized spacial score (nSPS) is 15.2. The number of sulfonamides is 1.